The second kappa shape index (κ2) is 10.1. The molecule has 2 amide bonds. The van der Waals surface area contributed by atoms with Crippen LogP contribution in [0.1, 0.15) is 45.6 Å². The molecule has 0 spiro atoms. The molecule has 1 aliphatic rings. The number of pyridine rings is 1. The van der Waals surface area contributed by atoms with Gasteiger partial charge in [0, 0.05) is 44.0 Å². The number of benzene rings is 1. The SMILES string of the molecule is C=CCNC(=O)C1(Cc2ccccc2-c2cccnc2)CCCN(C(=O)CC(C)(C)C)C1. The van der Waals surface area contributed by atoms with Gasteiger partial charge in [-0.05, 0) is 41.9 Å². The Labute approximate surface area is 191 Å². The first-order chi connectivity index (χ1) is 15.2. The van der Waals surface area contributed by atoms with Gasteiger partial charge in [0.2, 0.25) is 11.8 Å². The molecular formula is C27H35N3O2. The van der Waals surface area contributed by atoms with Crippen molar-refractivity contribution in [1.29, 1.82) is 0 Å². The van der Waals surface area contributed by atoms with Crippen LogP contribution in [-0.4, -0.2) is 41.3 Å². The van der Waals surface area contributed by atoms with Gasteiger partial charge in [-0.1, -0.05) is 57.2 Å². The van der Waals surface area contributed by atoms with Gasteiger partial charge in [-0.15, -0.1) is 6.58 Å². The third-order valence-corrected chi connectivity index (χ3v) is 6.02. The second-order valence-corrected chi connectivity index (χ2v) is 10.0. The fourth-order valence-corrected chi connectivity index (χ4v) is 4.52. The average Bonchev–Trinajstić information content (AvgIpc) is 2.77. The third kappa shape index (κ3) is 5.84. The summed E-state index contributed by atoms with van der Waals surface area (Å²) >= 11 is 0. The Balaban J connectivity index is 1.94. The zero-order valence-electron chi connectivity index (χ0n) is 19.6. The summed E-state index contributed by atoms with van der Waals surface area (Å²) in [5.74, 6) is 0.116. The van der Waals surface area contributed by atoms with E-state index < -0.39 is 5.41 Å². The van der Waals surface area contributed by atoms with E-state index >= 15 is 0 Å². The van der Waals surface area contributed by atoms with E-state index in [0.717, 1.165) is 29.5 Å². The van der Waals surface area contributed by atoms with Crippen LogP contribution in [0.15, 0.2) is 61.4 Å². The molecule has 3 rings (SSSR count). The summed E-state index contributed by atoms with van der Waals surface area (Å²) in [6.07, 6.45) is 7.91. The number of aromatic nitrogens is 1. The molecule has 0 saturated carbocycles. The minimum absolute atomic E-state index is 0.00773. The normalized spacial score (nSPS) is 18.8. The van der Waals surface area contributed by atoms with Crippen LogP contribution in [0.25, 0.3) is 11.1 Å². The van der Waals surface area contributed by atoms with Gasteiger partial charge in [-0.3, -0.25) is 14.6 Å². The Kier molecular flexibility index (Phi) is 7.49. The molecular weight excluding hydrogens is 398 g/mol. The molecule has 1 aromatic carbocycles. The topological polar surface area (TPSA) is 62.3 Å². The molecule has 1 aliphatic heterocycles. The molecule has 2 aromatic rings. The monoisotopic (exact) mass is 433 g/mol. The van der Waals surface area contributed by atoms with Crippen LogP contribution < -0.4 is 5.32 Å². The van der Waals surface area contributed by atoms with E-state index in [0.29, 0.717) is 32.5 Å². The molecule has 1 atom stereocenters. The Morgan fingerprint density at radius 3 is 2.69 bits per heavy atom. The average molecular weight is 434 g/mol. The quantitative estimate of drug-likeness (QED) is 0.647. The fourth-order valence-electron chi connectivity index (χ4n) is 4.52. The van der Waals surface area contributed by atoms with Crippen LogP contribution >= 0.6 is 0 Å². The molecule has 0 radical (unpaired) electrons. The molecule has 1 N–H and O–H groups in total. The number of carbonyl (C=O) groups is 2. The van der Waals surface area contributed by atoms with Crippen molar-refractivity contribution in [3.63, 3.8) is 0 Å². The lowest BCUT2D eigenvalue weighted by Crippen LogP contribution is -2.54. The molecule has 170 valence electrons. The minimum atomic E-state index is -0.673. The van der Waals surface area contributed by atoms with Crippen LogP contribution in [0.5, 0.6) is 0 Å². The number of nitrogens with zero attached hydrogens (tertiary/aromatic N) is 2. The number of amides is 2. The van der Waals surface area contributed by atoms with Gasteiger partial charge in [0.25, 0.3) is 0 Å². The van der Waals surface area contributed by atoms with Gasteiger partial charge in [-0.2, -0.15) is 0 Å². The van der Waals surface area contributed by atoms with Gasteiger partial charge in [0.15, 0.2) is 0 Å². The lowest BCUT2D eigenvalue weighted by Gasteiger charge is -2.42. The van der Waals surface area contributed by atoms with E-state index in [9.17, 15) is 9.59 Å². The number of likely N-dealkylation sites (tertiary alicyclic amines) is 1. The highest BCUT2D eigenvalue weighted by Crippen LogP contribution is 2.38. The smallest absolute Gasteiger partial charge is 0.228 e. The first-order valence-electron chi connectivity index (χ1n) is 11.4. The fraction of sp³-hybridized carbons (Fsp3) is 0.444. The molecule has 32 heavy (non-hydrogen) atoms. The maximum Gasteiger partial charge on any atom is 0.228 e. The van der Waals surface area contributed by atoms with Crippen LogP contribution in [-0.2, 0) is 16.0 Å². The minimum Gasteiger partial charge on any atom is -0.352 e. The number of hydrogen-bond acceptors (Lipinski definition) is 3. The molecule has 1 saturated heterocycles. The standard InChI is InChI=1S/C27H35N3O2/c1-5-14-29-25(32)27(13-9-16-30(20-27)24(31)18-26(2,3)4)17-21-10-6-7-12-23(21)22-11-8-15-28-19-22/h5-8,10-12,15,19H,1,9,13-14,16-18,20H2,2-4H3,(H,29,32). The van der Waals surface area contributed by atoms with Crippen molar-refractivity contribution in [2.75, 3.05) is 19.6 Å². The van der Waals surface area contributed by atoms with Gasteiger partial charge >= 0.3 is 0 Å². The molecule has 0 aliphatic carbocycles. The number of rotatable bonds is 7. The summed E-state index contributed by atoms with van der Waals surface area (Å²) in [5.41, 5.74) is 2.44. The van der Waals surface area contributed by atoms with Crippen LogP contribution in [0.3, 0.4) is 0 Å². The number of carbonyl (C=O) groups excluding carboxylic acids is 2. The first kappa shape index (κ1) is 23.7. The lowest BCUT2D eigenvalue weighted by molar-refractivity contribution is -0.142. The Hall–Kier alpha value is -2.95. The maximum absolute atomic E-state index is 13.5. The van der Waals surface area contributed by atoms with Gasteiger partial charge in [-0.25, -0.2) is 0 Å². The summed E-state index contributed by atoms with van der Waals surface area (Å²) < 4.78 is 0. The summed E-state index contributed by atoms with van der Waals surface area (Å²) in [5, 5.41) is 3.02. The zero-order valence-corrected chi connectivity index (χ0v) is 19.6. The Bertz CT molecular complexity index is 949. The lowest BCUT2D eigenvalue weighted by atomic mass is 9.73. The molecule has 1 unspecified atom stereocenters. The maximum atomic E-state index is 13.5. The Morgan fingerprint density at radius 1 is 1.22 bits per heavy atom. The predicted molar refractivity (Wildman–Crippen MR) is 129 cm³/mol. The predicted octanol–water partition coefficient (Wildman–Crippen LogP) is 4.64. The van der Waals surface area contributed by atoms with Crippen LogP contribution in [0.4, 0.5) is 0 Å². The second-order valence-electron chi connectivity index (χ2n) is 10.0. The summed E-state index contributed by atoms with van der Waals surface area (Å²) in [6.45, 7) is 11.5. The van der Waals surface area contributed by atoms with E-state index in [1.54, 1.807) is 12.3 Å². The molecule has 5 nitrogen and oxygen atoms in total. The van der Waals surface area contributed by atoms with E-state index in [4.69, 9.17) is 0 Å². The number of hydrogen-bond donors (Lipinski definition) is 1. The molecule has 0 bridgehead atoms. The summed E-state index contributed by atoms with van der Waals surface area (Å²) in [6, 6.07) is 12.1. The van der Waals surface area contributed by atoms with Crippen molar-refractivity contribution in [3.8, 4) is 11.1 Å². The molecule has 5 heteroatoms. The summed E-state index contributed by atoms with van der Waals surface area (Å²) in [7, 11) is 0. The Morgan fingerprint density at radius 2 is 2.00 bits per heavy atom. The highest BCUT2D eigenvalue weighted by atomic mass is 16.2. The summed E-state index contributed by atoms with van der Waals surface area (Å²) in [4.78, 5) is 32.7. The van der Waals surface area contributed by atoms with Crippen LogP contribution in [0.2, 0.25) is 0 Å². The van der Waals surface area contributed by atoms with E-state index in [1.807, 2.05) is 35.4 Å². The van der Waals surface area contributed by atoms with Crippen molar-refractivity contribution < 1.29 is 9.59 Å². The van der Waals surface area contributed by atoms with E-state index in [2.05, 4.69) is 49.8 Å². The molecule has 2 heterocycles. The number of piperidine rings is 1. The van der Waals surface area contributed by atoms with Crippen molar-refractivity contribution >= 4 is 11.8 Å². The van der Waals surface area contributed by atoms with Crippen LogP contribution in [0, 0.1) is 10.8 Å². The first-order valence-corrected chi connectivity index (χ1v) is 11.4. The van der Waals surface area contributed by atoms with Crippen molar-refractivity contribution in [2.45, 2.75) is 46.5 Å². The van der Waals surface area contributed by atoms with E-state index in [1.165, 1.54) is 0 Å². The highest BCUT2D eigenvalue weighted by molar-refractivity contribution is 5.85. The van der Waals surface area contributed by atoms with Gasteiger partial charge < -0.3 is 10.2 Å². The van der Waals surface area contributed by atoms with E-state index in [-0.39, 0.29) is 17.2 Å². The third-order valence-electron chi connectivity index (χ3n) is 6.02. The zero-order chi connectivity index (χ0) is 23.2. The van der Waals surface area contributed by atoms with Crippen molar-refractivity contribution in [2.24, 2.45) is 10.8 Å². The molecule has 1 aromatic heterocycles. The number of nitrogens with one attached hydrogen (secondary N) is 1. The highest BCUT2D eigenvalue weighted by Gasteiger charge is 2.44. The van der Waals surface area contributed by atoms with Gasteiger partial charge in [0.05, 0.1) is 5.41 Å². The molecule has 1 fully saturated rings. The van der Waals surface area contributed by atoms with Crippen molar-refractivity contribution in [3.05, 3.63) is 67.0 Å². The van der Waals surface area contributed by atoms with Gasteiger partial charge in [0.1, 0.15) is 0 Å². The van der Waals surface area contributed by atoms with Crippen molar-refractivity contribution in [1.82, 2.24) is 15.2 Å². The largest absolute Gasteiger partial charge is 0.352 e.